The third-order valence-electron chi connectivity index (χ3n) is 1.60. The second-order valence-corrected chi connectivity index (χ2v) is 3.55. The number of hydrogen-bond acceptors (Lipinski definition) is 1. The van der Waals surface area contributed by atoms with Crippen LogP contribution in [0, 0.1) is 0 Å². The average Bonchev–Trinajstić information content (AvgIpc) is 2.20. The maximum absolute atomic E-state index is 10.6. The molecule has 0 aliphatic carbocycles. The zero-order valence-corrected chi connectivity index (χ0v) is 10.4. The maximum atomic E-state index is 10.6. The predicted octanol–water partition coefficient (Wildman–Crippen LogP) is 4.32. The van der Waals surface area contributed by atoms with Crippen molar-refractivity contribution in [1.29, 1.82) is 0 Å². The first-order valence-electron chi connectivity index (χ1n) is 4.55. The Morgan fingerprint density at radius 2 is 2.00 bits per heavy atom. The van der Waals surface area contributed by atoms with Gasteiger partial charge in [-0.15, -0.1) is 0 Å². The molecule has 76 valence electrons. The molecular weight excluding hydrogens is 240 g/mol. The fraction of sp³-hybridized carbons (Fsp3) is 0.250. The summed E-state index contributed by atoms with van der Waals surface area (Å²) < 4.78 is 0.964. The lowest BCUT2D eigenvalue weighted by Gasteiger charge is -2.03. The Morgan fingerprint density at radius 1 is 1.43 bits per heavy atom. The standard InChI is InChI=1S/C10H9BrO.C2H6/c1-7(2)10-5-9(11)4-3-8(10)6-12;1-2/h3-6H,1H2,2H3;1-2H3. The minimum absolute atomic E-state index is 0.686. The molecule has 0 atom stereocenters. The van der Waals surface area contributed by atoms with E-state index in [1.165, 1.54) is 0 Å². The molecule has 1 aromatic carbocycles. The molecule has 1 nitrogen and oxygen atoms in total. The van der Waals surface area contributed by atoms with E-state index in [0.29, 0.717) is 5.56 Å². The van der Waals surface area contributed by atoms with Gasteiger partial charge in [-0.25, -0.2) is 0 Å². The Kier molecular flexibility index (Phi) is 6.13. The summed E-state index contributed by atoms with van der Waals surface area (Å²) in [4.78, 5) is 10.6. The summed E-state index contributed by atoms with van der Waals surface area (Å²) in [6.45, 7) is 9.68. The van der Waals surface area contributed by atoms with Gasteiger partial charge in [-0.2, -0.15) is 0 Å². The first-order valence-corrected chi connectivity index (χ1v) is 5.35. The summed E-state index contributed by atoms with van der Waals surface area (Å²) in [5, 5.41) is 0. The van der Waals surface area contributed by atoms with Crippen molar-refractivity contribution in [3.63, 3.8) is 0 Å². The number of rotatable bonds is 2. The van der Waals surface area contributed by atoms with E-state index in [2.05, 4.69) is 22.5 Å². The van der Waals surface area contributed by atoms with Crippen molar-refractivity contribution in [2.75, 3.05) is 0 Å². The summed E-state index contributed by atoms with van der Waals surface area (Å²) in [7, 11) is 0. The van der Waals surface area contributed by atoms with Crippen LogP contribution in [-0.4, -0.2) is 6.29 Å². The molecule has 0 heterocycles. The van der Waals surface area contributed by atoms with Crippen LogP contribution in [0.4, 0.5) is 0 Å². The highest BCUT2D eigenvalue weighted by atomic mass is 79.9. The number of benzene rings is 1. The van der Waals surface area contributed by atoms with Gasteiger partial charge < -0.3 is 0 Å². The van der Waals surface area contributed by atoms with Gasteiger partial charge in [-0.3, -0.25) is 4.79 Å². The van der Waals surface area contributed by atoms with Crippen LogP contribution in [0.1, 0.15) is 36.7 Å². The summed E-state index contributed by atoms with van der Waals surface area (Å²) in [6.07, 6.45) is 0.844. The van der Waals surface area contributed by atoms with Gasteiger partial charge in [0, 0.05) is 10.0 Å². The number of hydrogen-bond donors (Lipinski definition) is 0. The molecule has 0 amide bonds. The van der Waals surface area contributed by atoms with E-state index in [4.69, 9.17) is 0 Å². The van der Waals surface area contributed by atoms with Gasteiger partial charge in [0.25, 0.3) is 0 Å². The largest absolute Gasteiger partial charge is 0.298 e. The van der Waals surface area contributed by atoms with E-state index in [1.807, 2.05) is 32.9 Å². The molecule has 1 aromatic rings. The Bertz CT molecular complexity index is 329. The zero-order chi connectivity index (χ0) is 11.1. The second-order valence-electron chi connectivity index (χ2n) is 2.63. The van der Waals surface area contributed by atoms with Crippen LogP contribution in [0.15, 0.2) is 29.3 Å². The average molecular weight is 255 g/mol. The fourth-order valence-corrected chi connectivity index (χ4v) is 1.36. The first-order chi connectivity index (χ1) is 6.65. The monoisotopic (exact) mass is 254 g/mol. The molecule has 0 N–H and O–H groups in total. The molecular formula is C12H15BrO. The van der Waals surface area contributed by atoms with Crippen LogP contribution in [0.3, 0.4) is 0 Å². The van der Waals surface area contributed by atoms with Gasteiger partial charge in [-0.1, -0.05) is 41.9 Å². The SMILES string of the molecule is C=C(C)c1cc(Br)ccc1C=O.CC. The van der Waals surface area contributed by atoms with Crippen LogP contribution >= 0.6 is 15.9 Å². The van der Waals surface area contributed by atoms with Gasteiger partial charge >= 0.3 is 0 Å². The highest BCUT2D eigenvalue weighted by Gasteiger charge is 2.01. The predicted molar refractivity (Wildman–Crippen MR) is 65.6 cm³/mol. The van der Waals surface area contributed by atoms with Crippen molar-refractivity contribution < 1.29 is 4.79 Å². The minimum atomic E-state index is 0.686. The molecule has 0 unspecified atom stereocenters. The Balaban J connectivity index is 0.000000791. The summed E-state index contributed by atoms with van der Waals surface area (Å²) >= 11 is 3.34. The molecule has 2 heteroatoms. The van der Waals surface area contributed by atoms with Crippen LogP contribution in [0.2, 0.25) is 0 Å². The van der Waals surface area contributed by atoms with Crippen LogP contribution in [0.5, 0.6) is 0 Å². The second kappa shape index (κ2) is 6.55. The van der Waals surface area contributed by atoms with E-state index in [1.54, 1.807) is 6.07 Å². The summed E-state index contributed by atoms with van der Waals surface area (Å²) in [5.74, 6) is 0. The Morgan fingerprint density at radius 3 is 2.43 bits per heavy atom. The van der Waals surface area contributed by atoms with Crippen molar-refractivity contribution in [3.05, 3.63) is 40.4 Å². The number of aldehydes is 1. The molecule has 0 saturated carbocycles. The van der Waals surface area contributed by atoms with Crippen molar-refractivity contribution in [3.8, 4) is 0 Å². The molecule has 0 radical (unpaired) electrons. The Hall–Kier alpha value is -0.890. The zero-order valence-electron chi connectivity index (χ0n) is 8.80. The third-order valence-corrected chi connectivity index (χ3v) is 2.10. The molecule has 0 aromatic heterocycles. The molecule has 0 spiro atoms. The highest BCUT2D eigenvalue weighted by Crippen LogP contribution is 2.20. The van der Waals surface area contributed by atoms with E-state index >= 15 is 0 Å². The van der Waals surface area contributed by atoms with Gasteiger partial charge in [0.15, 0.2) is 6.29 Å². The quantitative estimate of drug-likeness (QED) is 0.719. The molecule has 0 aliphatic rings. The van der Waals surface area contributed by atoms with Crippen molar-refractivity contribution in [2.45, 2.75) is 20.8 Å². The first kappa shape index (κ1) is 13.1. The van der Waals surface area contributed by atoms with Gasteiger partial charge in [0.2, 0.25) is 0 Å². The van der Waals surface area contributed by atoms with Crippen molar-refractivity contribution in [2.24, 2.45) is 0 Å². The molecule has 0 saturated heterocycles. The fourth-order valence-electron chi connectivity index (χ4n) is 1.00. The molecule has 0 bridgehead atoms. The minimum Gasteiger partial charge on any atom is -0.298 e. The topological polar surface area (TPSA) is 17.1 Å². The molecule has 14 heavy (non-hydrogen) atoms. The van der Waals surface area contributed by atoms with Crippen molar-refractivity contribution >= 4 is 27.8 Å². The van der Waals surface area contributed by atoms with E-state index in [0.717, 1.165) is 21.9 Å². The van der Waals surface area contributed by atoms with Crippen LogP contribution < -0.4 is 0 Å². The molecule has 0 aliphatic heterocycles. The number of allylic oxidation sites excluding steroid dienone is 1. The summed E-state index contributed by atoms with van der Waals surface area (Å²) in [5.41, 5.74) is 2.49. The summed E-state index contributed by atoms with van der Waals surface area (Å²) in [6, 6.07) is 5.52. The maximum Gasteiger partial charge on any atom is 0.150 e. The lowest BCUT2D eigenvalue weighted by atomic mass is 10.0. The molecule has 0 fully saturated rings. The van der Waals surface area contributed by atoms with Gasteiger partial charge in [0.1, 0.15) is 0 Å². The smallest absolute Gasteiger partial charge is 0.150 e. The molecule has 1 rings (SSSR count). The lowest BCUT2D eigenvalue weighted by Crippen LogP contribution is -1.88. The lowest BCUT2D eigenvalue weighted by molar-refractivity contribution is 0.112. The van der Waals surface area contributed by atoms with E-state index in [-0.39, 0.29) is 0 Å². The third kappa shape index (κ3) is 3.46. The van der Waals surface area contributed by atoms with Crippen LogP contribution in [0.25, 0.3) is 5.57 Å². The number of carbonyl (C=O) groups excluding carboxylic acids is 1. The van der Waals surface area contributed by atoms with E-state index in [9.17, 15) is 4.79 Å². The van der Waals surface area contributed by atoms with Crippen molar-refractivity contribution in [1.82, 2.24) is 0 Å². The van der Waals surface area contributed by atoms with Crippen LogP contribution in [-0.2, 0) is 0 Å². The number of carbonyl (C=O) groups is 1. The normalized spacial score (nSPS) is 8.57. The van der Waals surface area contributed by atoms with E-state index < -0.39 is 0 Å². The highest BCUT2D eigenvalue weighted by molar-refractivity contribution is 9.10. The Labute approximate surface area is 94.0 Å². The number of halogens is 1. The van der Waals surface area contributed by atoms with Gasteiger partial charge in [0.05, 0.1) is 0 Å². The van der Waals surface area contributed by atoms with Gasteiger partial charge in [-0.05, 0) is 30.7 Å².